The van der Waals surface area contributed by atoms with Gasteiger partial charge < -0.3 is 11.1 Å². The van der Waals surface area contributed by atoms with Crippen LogP contribution in [0.3, 0.4) is 0 Å². The molecular weight excluding hydrogens is 220 g/mol. The summed E-state index contributed by atoms with van der Waals surface area (Å²) in [6, 6.07) is 6.36. The topological polar surface area (TPSA) is 38.0 Å². The maximum Gasteiger partial charge on any atom is 0.0317 e. The summed E-state index contributed by atoms with van der Waals surface area (Å²) in [5, 5.41) is 3.41. The monoisotopic (exact) mass is 244 g/mol. The maximum atomic E-state index is 5.83. The molecule has 2 heteroatoms. The van der Waals surface area contributed by atoms with E-state index in [0.717, 1.165) is 31.6 Å². The van der Waals surface area contributed by atoms with Gasteiger partial charge in [-0.1, -0.05) is 31.1 Å². The van der Waals surface area contributed by atoms with Crippen LogP contribution in [0.4, 0.5) is 5.69 Å². The molecule has 1 aliphatic heterocycles. The van der Waals surface area contributed by atoms with Crippen molar-refractivity contribution in [2.75, 3.05) is 18.8 Å². The van der Waals surface area contributed by atoms with Gasteiger partial charge in [0.15, 0.2) is 0 Å². The molecule has 1 aromatic carbocycles. The van der Waals surface area contributed by atoms with E-state index < -0.39 is 0 Å². The summed E-state index contributed by atoms with van der Waals surface area (Å²) in [6.07, 6.45) is 4.76. The zero-order chi connectivity index (χ0) is 13.0. The Bertz CT molecular complexity index is 438. The van der Waals surface area contributed by atoms with Crippen LogP contribution in [0.1, 0.15) is 37.8 Å². The summed E-state index contributed by atoms with van der Waals surface area (Å²) < 4.78 is 0. The molecule has 0 atom stereocenters. The molecule has 2 nitrogen and oxygen atoms in total. The molecule has 0 unspecified atom stereocenters. The number of piperidine rings is 1. The Hall–Kier alpha value is -1.28. The smallest absolute Gasteiger partial charge is 0.0317 e. The minimum absolute atomic E-state index is 0.898. The van der Waals surface area contributed by atoms with Crippen molar-refractivity contribution < 1.29 is 0 Å². The number of rotatable bonds is 0. The summed E-state index contributed by atoms with van der Waals surface area (Å²) in [5.74, 6) is 0. The predicted molar refractivity (Wildman–Crippen MR) is 78.7 cm³/mol. The highest BCUT2D eigenvalue weighted by molar-refractivity contribution is 5.51. The third kappa shape index (κ3) is 2.75. The van der Waals surface area contributed by atoms with Crippen LogP contribution >= 0.6 is 0 Å². The van der Waals surface area contributed by atoms with E-state index in [2.05, 4.69) is 17.4 Å². The second kappa shape index (κ2) is 6.05. The fraction of sp³-hybridized carbons (Fsp3) is 0.500. The fourth-order valence-electron chi connectivity index (χ4n) is 2.84. The first-order valence-corrected chi connectivity index (χ1v) is 7.11. The van der Waals surface area contributed by atoms with Crippen LogP contribution in [-0.4, -0.2) is 13.1 Å². The Kier molecular flexibility index (Phi) is 4.43. The van der Waals surface area contributed by atoms with Crippen LogP contribution in [0.5, 0.6) is 0 Å². The Morgan fingerprint density at radius 3 is 2.33 bits per heavy atom. The lowest BCUT2D eigenvalue weighted by molar-refractivity contribution is 0.602. The Morgan fingerprint density at radius 2 is 1.61 bits per heavy atom. The largest absolute Gasteiger partial charge is 0.399 e. The highest BCUT2D eigenvalue weighted by atomic mass is 14.9. The standard InChI is InChI=1S/C14H18N2.C2H6/c15-14-2-1-11-7-12(8-13(11)9-14)10-3-5-16-6-4-10;1-2/h1-2,9,16H,3-8,15H2;1-2H3. The fourth-order valence-corrected chi connectivity index (χ4v) is 2.84. The van der Waals surface area contributed by atoms with Gasteiger partial charge in [-0.05, 0) is 62.0 Å². The molecule has 1 aliphatic carbocycles. The molecule has 0 spiro atoms. The van der Waals surface area contributed by atoms with Gasteiger partial charge in [-0.25, -0.2) is 0 Å². The zero-order valence-electron chi connectivity index (χ0n) is 11.6. The second-order valence-corrected chi connectivity index (χ2v) is 4.84. The summed E-state index contributed by atoms with van der Waals surface area (Å²) >= 11 is 0. The molecule has 18 heavy (non-hydrogen) atoms. The lowest BCUT2D eigenvalue weighted by Gasteiger charge is -2.17. The minimum atomic E-state index is 0.898. The number of nitrogen functional groups attached to an aromatic ring is 1. The Labute approximate surface area is 110 Å². The summed E-state index contributed by atoms with van der Waals surface area (Å²) in [6.45, 7) is 6.30. The molecule has 1 saturated heterocycles. The maximum absolute atomic E-state index is 5.83. The first kappa shape index (κ1) is 13.2. The summed E-state index contributed by atoms with van der Waals surface area (Å²) in [7, 11) is 0. The lowest BCUT2D eigenvalue weighted by Crippen LogP contribution is -2.24. The molecular formula is C16H24N2. The van der Waals surface area contributed by atoms with Gasteiger partial charge >= 0.3 is 0 Å². The van der Waals surface area contributed by atoms with Crippen LogP contribution in [0.25, 0.3) is 0 Å². The second-order valence-electron chi connectivity index (χ2n) is 4.84. The lowest BCUT2D eigenvalue weighted by atomic mass is 9.97. The molecule has 1 heterocycles. The van der Waals surface area contributed by atoms with Gasteiger partial charge in [-0.2, -0.15) is 0 Å². The third-order valence-electron chi connectivity index (χ3n) is 3.75. The highest BCUT2D eigenvalue weighted by Gasteiger charge is 2.19. The van der Waals surface area contributed by atoms with E-state index in [0.29, 0.717) is 0 Å². The van der Waals surface area contributed by atoms with Crippen molar-refractivity contribution in [2.24, 2.45) is 0 Å². The molecule has 2 aliphatic rings. The third-order valence-corrected chi connectivity index (χ3v) is 3.75. The van der Waals surface area contributed by atoms with Gasteiger partial charge in [-0.15, -0.1) is 0 Å². The van der Waals surface area contributed by atoms with Gasteiger partial charge in [0, 0.05) is 5.69 Å². The molecule has 0 aromatic heterocycles. The molecule has 0 bridgehead atoms. The van der Waals surface area contributed by atoms with Crippen molar-refractivity contribution >= 4 is 5.69 Å². The van der Waals surface area contributed by atoms with Crippen molar-refractivity contribution in [1.82, 2.24) is 5.32 Å². The van der Waals surface area contributed by atoms with E-state index in [4.69, 9.17) is 5.73 Å². The van der Waals surface area contributed by atoms with Gasteiger partial charge in [0.2, 0.25) is 0 Å². The van der Waals surface area contributed by atoms with Crippen molar-refractivity contribution in [2.45, 2.75) is 39.5 Å². The average molecular weight is 244 g/mol. The van der Waals surface area contributed by atoms with Crippen molar-refractivity contribution in [3.63, 3.8) is 0 Å². The normalized spacial score (nSPS) is 18.1. The summed E-state index contributed by atoms with van der Waals surface area (Å²) in [4.78, 5) is 0. The molecule has 1 fully saturated rings. The van der Waals surface area contributed by atoms with Gasteiger partial charge in [-0.3, -0.25) is 0 Å². The average Bonchev–Trinajstić information content (AvgIpc) is 2.85. The van der Waals surface area contributed by atoms with E-state index in [1.54, 1.807) is 11.1 Å². The molecule has 0 radical (unpaired) electrons. The Balaban J connectivity index is 0.000000574. The van der Waals surface area contributed by atoms with E-state index in [1.165, 1.54) is 24.0 Å². The van der Waals surface area contributed by atoms with Crippen LogP contribution in [-0.2, 0) is 12.8 Å². The van der Waals surface area contributed by atoms with E-state index >= 15 is 0 Å². The summed E-state index contributed by atoms with van der Waals surface area (Å²) in [5.41, 5.74) is 13.0. The van der Waals surface area contributed by atoms with Gasteiger partial charge in [0.1, 0.15) is 0 Å². The van der Waals surface area contributed by atoms with E-state index in [1.807, 2.05) is 19.9 Å². The van der Waals surface area contributed by atoms with Gasteiger partial charge in [0.25, 0.3) is 0 Å². The van der Waals surface area contributed by atoms with Gasteiger partial charge in [0.05, 0.1) is 0 Å². The molecule has 3 rings (SSSR count). The first-order chi connectivity index (χ1) is 8.83. The van der Waals surface area contributed by atoms with Crippen LogP contribution in [0.2, 0.25) is 0 Å². The number of benzene rings is 1. The molecule has 0 amide bonds. The minimum Gasteiger partial charge on any atom is -0.399 e. The molecule has 3 N–H and O–H groups in total. The van der Waals surface area contributed by atoms with Crippen molar-refractivity contribution in [3.05, 3.63) is 40.5 Å². The number of nitrogens with one attached hydrogen (secondary N) is 1. The SMILES string of the molecule is CC.Nc1ccc2c(c1)CC(=C1CCNCC1)C2. The predicted octanol–water partition coefficient (Wildman–Crippen LogP) is 3.07. The molecule has 98 valence electrons. The van der Waals surface area contributed by atoms with Crippen LogP contribution in [0.15, 0.2) is 29.3 Å². The molecule has 0 saturated carbocycles. The van der Waals surface area contributed by atoms with Crippen molar-refractivity contribution in [1.29, 1.82) is 0 Å². The van der Waals surface area contributed by atoms with Crippen molar-refractivity contribution in [3.8, 4) is 0 Å². The highest BCUT2D eigenvalue weighted by Crippen LogP contribution is 2.32. The van der Waals surface area contributed by atoms with E-state index in [9.17, 15) is 0 Å². The number of allylic oxidation sites excluding steroid dienone is 1. The number of nitrogens with two attached hydrogens (primary N) is 1. The van der Waals surface area contributed by atoms with E-state index in [-0.39, 0.29) is 0 Å². The first-order valence-electron chi connectivity index (χ1n) is 7.11. The molecule has 1 aromatic rings. The number of anilines is 1. The number of fused-ring (bicyclic) bond motifs is 1. The quantitative estimate of drug-likeness (QED) is 0.544. The Morgan fingerprint density at radius 1 is 0.944 bits per heavy atom. The number of hydrogen-bond acceptors (Lipinski definition) is 2. The van der Waals surface area contributed by atoms with Crippen LogP contribution in [0, 0.1) is 0 Å². The number of hydrogen-bond donors (Lipinski definition) is 2. The zero-order valence-corrected chi connectivity index (χ0v) is 11.6. The van der Waals surface area contributed by atoms with Crippen LogP contribution < -0.4 is 11.1 Å².